The molecule has 0 aromatic carbocycles. The summed E-state index contributed by atoms with van der Waals surface area (Å²) in [4.78, 5) is 15.2. The van der Waals surface area contributed by atoms with Gasteiger partial charge in [-0.3, -0.25) is 4.79 Å². The normalized spacial score (nSPS) is 12.2. The smallest absolute Gasteiger partial charge is 0.254 e. The largest absolute Gasteiger partial charge is 0.372 e. The standard InChI is InChI=1S/C9H12N2O2/c1-7(13-2)9(12)11-8-5-3-4-6-10-8/h3-7H,1-2H3,(H,10,11,12). The molecule has 0 aliphatic rings. The molecule has 1 N–H and O–H groups in total. The summed E-state index contributed by atoms with van der Waals surface area (Å²) in [6, 6.07) is 5.32. The average Bonchev–Trinajstić information content (AvgIpc) is 2.18. The summed E-state index contributed by atoms with van der Waals surface area (Å²) in [6.07, 6.45) is 1.16. The van der Waals surface area contributed by atoms with Crippen LogP contribution in [0.3, 0.4) is 0 Å². The van der Waals surface area contributed by atoms with E-state index in [0.717, 1.165) is 0 Å². The van der Waals surface area contributed by atoms with E-state index in [9.17, 15) is 4.79 Å². The Morgan fingerprint density at radius 2 is 2.38 bits per heavy atom. The molecule has 4 heteroatoms. The van der Waals surface area contributed by atoms with Gasteiger partial charge in [0.25, 0.3) is 5.91 Å². The quantitative estimate of drug-likeness (QED) is 0.756. The molecular formula is C9H12N2O2. The molecule has 0 radical (unpaired) electrons. The number of rotatable bonds is 3. The molecule has 0 aliphatic carbocycles. The number of pyridine rings is 1. The minimum atomic E-state index is -0.456. The first kappa shape index (κ1) is 9.67. The van der Waals surface area contributed by atoms with Gasteiger partial charge in [-0.2, -0.15) is 0 Å². The molecule has 1 rings (SSSR count). The third-order valence-corrected chi connectivity index (χ3v) is 1.64. The predicted molar refractivity (Wildman–Crippen MR) is 49.3 cm³/mol. The van der Waals surface area contributed by atoms with E-state index in [4.69, 9.17) is 4.74 Å². The number of nitrogens with zero attached hydrogens (tertiary/aromatic N) is 1. The Balaban J connectivity index is 2.55. The molecule has 0 spiro atoms. The maximum absolute atomic E-state index is 11.3. The van der Waals surface area contributed by atoms with Crippen molar-refractivity contribution in [1.29, 1.82) is 0 Å². The number of carbonyl (C=O) groups excluding carboxylic acids is 1. The van der Waals surface area contributed by atoms with Crippen LogP contribution in [0.15, 0.2) is 24.4 Å². The number of methoxy groups -OCH3 is 1. The SMILES string of the molecule is COC(C)C(=O)Nc1ccccn1. The molecule has 1 heterocycles. The highest BCUT2D eigenvalue weighted by Crippen LogP contribution is 2.01. The molecule has 0 fully saturated rings. The zero-order valence-corrected chi connectivity index (χ0v) is 7.65. The Kier molecular flexibility index (Phi) is 3.40. The van der Waals surface area contributed by atoms with Crippen LogP contribution >= 0.6 is 0 Å². The molecule has 0 saturated heterocycles. The van der Waals surface area contributed by atoms with Crippen LogP contribution in [0.5, 0.6) is 0 Å². The lowest BCUT2D eigenvalue weighted by Gasteiger charge is -2.08. The maximum atomic E-state index is 11.3. The van der Waals surface area contributed by atoms with Crippen molar-refractivity contribution in [2.75, 3.05) is 12.4 Å². The molecule has 0 bridgehead atoms. The van der Waals surface area contributed by atoms with Crippen LogP contribution in [-0.4, -0.2) is 24.1 Å². The van der Waals surface area contributed by atoms with Crippen molar-refractivity contribution in [1.82, 2.24) is 4.98 Å². The Hall–Kier alpha value is -1.42. The van der Waals surface area contributed by atoms with E-state index in [1.165, 1.54) is 7.11 Å². The molecule has 1 unspecified atom stereocenters. The van der Waals surface area contributed by atoms with Gasteiger partial charge in [0, 0.05) is 13.3 Å². The van der Waals surface area contributed by atoms with Crippen molar-refractivity contribution in [3.05, 3.63) is 24.4 Å². The highest BCUT2D eigenvalue weighted by atomic mass is 16.5. The van der Waals surface area contributed by atoms with Gasteiger partial charge in [-0.25, -0.2) is 4.98 Å². The molecule has 1 aromatic rings. The second-order valence-corrected chi connectivity index (χ2v) is 2.58. The summed E-state index contributed by atoms with van der Waals surface area (Å²) < 4.78 is 4.84. The average molecular weight is 180 g/mol. The molecule has 70 valence electrons. The van der Waals surface area contributed by atoms with Crippen LogP contribution in [0.25, 0.3) is 0 Å². The van der Waals surface area contributed by atoms with Gasteiger partial charge in [-0.05, 0) is 19.1 Å². The number of hydrogen-bond donors (Lipinski definition) is 1. The molecule has 0 saturated carbocycles. The van der Waals surface area contributed by atoms with E-state index in [1.54, 1.807) is 31.3 Å². The number of nitrogens with one attached hydrogen (secondary N) is 1. The topological polar surface area (TPSA) is 51.2 Å². The number of carbonyl (C=O) groups is 1. The van der Waals surface area contributed by atoms with E-state index in [2.05, 4.69) is 10.3 Å². The van der Waals surface area contributed by atoms with Crippen molar-refractivity contribution >= 4 is 11.7 Å². The number of amides is 1. The monoisotopic (exact) mass is 180 g/mol. The van der Waals surface area contributed by atoms with Gasteiger partial charge < -0.3 is 10.1 Å². The van der Waals surface area contributed by atoms with Crippen LogP contribution in [0.4, 0.5) is 5.82 Å². The van der Waals surface area contributed by atoms with Gasteiger partial charge in [0.05, 0.1) is 0 Å². The molecule has 13 heavy (non-hydrogen) atoms. The third kappa shape index (κ3) is 2.83. The first-order chi connectivity index (χ1) is 6.24. The Bertz CT molecular complexity index is 274. The first-order valence-electron chi connectivity index (χ1n) is 3.98. The van der Waals surface area contributed by atoms with Crippen LogP contribution < -0.4 is 5.32 Å². The summed E-state index contributed by atoms with van der Waals surface area (Å²) in [7, 11) is 1.49. The van der Waals surface area contributed by atoms with Crippen LogP contribution in [-0.2, 0) is 9.53 Å². The van der Waals surface area contributed by atoms with Gasteiger partial charge >= 0.3 is 0 Å². The van der Waals surface area contributed by atoms with Gasteiger partial charge in [0.15, 0.2) is 0 Å². The fourth-order valence-electron chi connectivity index (χ4n) is 0.772. The fourth-order valence-corrected chi connectivity index (χ4v) is 0.772. The van der Waals surface area contributed by atoms with Crippen molar-refractivity contribution in [3.63, 3.8) is 0 Å². The maximum Gasteiger partial charge on any atom is 0.254 e. The van der Waals surface area contributed by atoms with E-state index in [-0.39, 0.29) is 5.91 Å². The summed E-state index contributed by atoms with van der Waals surface area (Å²) in [5, 5.41) is 2.62. The lowest BCUT2D eigenvalue weighted by Crippen LogP contribution is -2.26. The summed E-state index contributed by atoms with van der Waals surface area (Å²) in [6.45, 7) is 1.68. The Morgan fingerprint density at radius 3 is 2.92 bits per heavy atom. The van der Waals surface area contributed by atoms with E-state index >= 15 is 0 Å². The molecule has 1 aromatic heterocycles. The van der Waals surface area contributed by atoms with E-state index in [1.807, 2.05) is 0 Å². The van der Waals surface area contributed by atoms with Crippen LogP contribution in [0, 0.1) is 0 Å². The number of anilines is 1. The Labute approximate surface area is 76.9 Å². The van der Waals surface area contributed by atoms with E-state index < -0.39 is 6.10 Å². The number of aromatic nitrogens is 1. The fraction of sp³-hybridized carbons (Fsp3) is 0.333. The molecule has 4 nitrogen and oxygen atoms in total. The summed E-state index contributed by atoms with van der Waals surface area (Å²) >= 11 is 0. The Morgan fingerprint density at radius 1 is 1.62 bits per heavy atom. The van der Waals surface area contributed by atoms with Crippen molar-refractivity contribution in [2.24, 2.45) is 0 Å². The molecule has 1 amide bonds. The second kappa shape index (κ2) is 4.57. The van der Waals surface area contributed by atoms with Crippen molar-refractivity contribution < 1.29 is 9.53 Å². The number of hydrogen-bond acceptors (Lipinski definition) is 3. The third-order valence-electron chi connectivity index (χ3n) is 1.64. The summed E-state index contributed by atoms with van der Waals surface area (Å²) in [5.41, 5.74) is 0. The summed E-state index contributed by atoms with van der Waals surface area (Å²) in [5.74, 6) is 0.345. The van der Waals surface area contributed by atoms with Crippen molar-refractivity contribution in [2.45, 2.75) is 13.0 Å². The van der Waals surface area contributed by atoms with E-state index in [0.29, 0.717) is 5.82 Å². The first-order valence-corrected chi connectivity index (χ1v) is 3.98. The minimum absolute atomic E-state index is 0.193. The highest BCUT2D eigenvalue weighted by molar-refractivity contribution is 5.92. The lowest BCUT2D eigenvalue weighted by atomic mass is 10.3. The van der Waals surface area contributed by atoms with Gasteiger partial charge in [0.1, 0.15) is 11.9 Å². The number of ether oxygens (including phenoxy) is 1. The van der Waals surface area contributed by atoms with Crippen LogP contribution in [0.2, 0.25) is 0 Å². The van der Waals surface area contributed by atoms with Gasteiger partial charge in [-0.15, -0.1) is 0 Å². The second-order valence-electron chi connectivity index (χ2n) is 2.58. The van der Waals surface area contributed by atoms with Gasteiger partial charge in [0.2, 0.25) is 0 Å². The molecule has 1 atom stereocenters. The minimum Gasteiger partial charge on any atom is -0.372 e. The van der Waals surface area contributed by atoms with Crippen molar-refractivity contribution in [3.8, 4) is 0 Å². The molecular weight excluding hydrogens is 168 g/mol. The van der Waals surface area contributed by atoms with Crippen LogP contribution in [0.1, 0.15) is 6.92 Å². The predicted octanol–water partition coefficient (Wildman–Crippen LogP) is 1.05. The van der Waals surface area contributed by atoms with Gasteiger partial charge in [-0.1, -0.05) is 6.07 Å². The zero-order chi connectivity index (χ0) is 9.68. The lowest BCUT2D eigenvalue weighted by molar-refractivity contribution is -0.124. The molecule has 0 aliphatic heterocycles. The zero-order valence-electron chi connectivity index (χ0n) is 7.65. The highest BCUT2D eigenvalue weighted by Gasteiger charge is 2.11.